The zero-order valence-electron chi connectivity index (χ0n) is 71.8. The van der Waals surface area contributed by atoms with Gasteiger partial charge in [-0.15, -0.1) is 0 Å². The maximum atomic E-state index is 13.9. The molecule has 660 valence electrons. The molecule has 0 saturated carbocycles. The molecule has 15 rings (SSSR count). The van der Waals surface area contributed by atoms with Crippen LogP contribution < -0.4 is 30.8 Å². The highest BCUT2D eigenvalue weighted by Gasteiger charge is 2.40. The highest BCUT2D eigenvalue weighted by atomic mass is 35.5. The third-order valence-electron chi connectivity index (χ3n) is 20.8. The monoisotopic (exact) mass is 1840 g/mol. The van der Waals surface area contributed by atoms with Gasteiger partial charge in [0.05, 0.1) is 114 Å². The molecule has 11 aromatic rings. The number of aromatic nitrogens is 7. The van der Waals surface area contributed by atoms with E-state index in [1.807, 2.05) is 183 Å². The molecule has 1 unspecified atom stereocenters. The number of amides is 7. The quantitative estimate of drug-likeness (QED) is 0.0660. The predicted octanol–water partition coefficient (Wildman–Crippen LogP) is 20.9. The summed E-state index contributed by atoms with van der Waals surface area (Å²) in [6.45, 7) is 19.5. The van der Waals surface area contributed by atoms with Gasteiger partial charge in [-0.2, -0.15) is 15.3 Å². The fourth-order valence-electron chi connectivity index (χ4n) is 14.9. The van der Waals surface area contributed by atoms with Gasteiger partial charge in [0.1, 0.15) is 28.5 Å². The van der Waals surface area contributed by atoms with Gasteiger partial charge in [0.2, 0.25) is 0 Å². The number of halogens is 7. The molecule has 0 bridgehead atoms. The van der Waals surface area contributed by atoms with Crippen LogP contribution in [0.2, 0.25) is 30.1 Å². The summed E-state index contributed by atoms with van der Waals surface area (Å²) in [4.78, 5) is 90.4. The minimum Gasteiger partial charge on any atom is -0.497 e. The van der Waals surface area contributed by atoms with Gasteiger partial charge in [-0.3, -0.25) is 34.6 Å². The van der Waals surface area contributed by atoms with Crippen LogP contribution in [0, 0.1) is 5.82 Å². The van der Waals surface area contributed by atoms with Crippen molar-refractivity contribution >= 4 is 140 Å². The topological polar surface area (TPSA) is 267 Å². The molecular formula is C95H96Cl6FN15O10. The van der Waals surface area contributed by atoms with Gasteiger partial charge >= 0.3 is 18.2 Å². The first-order valence-electron chi connectivity index (χ1n) is 41.2. The van der Waals surface area contributed by atoms with E-state index >= 15 is 0 Å². The van der Waals surface area contributed by atoms with Crippen molar-refractivity contribution in [1.82, 2.24) is 75.4 Å². The van der Waals surface area contributed by atoms with Crippen LogP contribution in [-0.2, 0) is 29.1 Å². The summed E-state index contributed by atoms with van der Waals surface area (Å²) < 4.78 is 40.7. The van der Waals surface area contributed by atoms with Crippen LogP contribution in [0.15, 0.2) is 182 Å². The van der Waals surface area contributed by atoms with Crippen molar-refractivity contribution in [3.05, 3.63) is 297 Å². The first kappa shape index (κ1) is 92.7. The lowest BCUT2D eigenvalue weighted by Crippen LogP contribution is -2.46. The van der Waals surface area contributed by atoms with E-state index < -0.39 is 35.3 Å². The van der Waals surface area contributed by atoms with Crippen LogP contribution in [0.5, 0.6) is 11.5 Å². The number of hydrogen-bond acceptors (Lipinski definition) is 15. The molecule has 127 heavy (non-hydrogen) atoms. The van der Waals surface area contributed by atoms with E-state index in [0.717, 1.165) is 77.1 Å². The Balaban J connectivity index is 0.000000163. The van der Waals surface area contributed by atoms with Crippen LogP contribution in [0.4, 0.5) is 18.8 Å². The SMILES string of the molecule is CCNC(=O)N1C/C(=C\c2ccc(F)cc2)c2c(c(C(=O)NN3CCCCC3)nn2-c2ccc(Cl)cc2Cl)C1.COc1ccc(/C=C2\CN(C(=O)OC(C)(C)C)Cc3c(C(=O)NC(C)c4ccccn4)nn(-c4ccc(Cl)cc4Cl)c32)cc1.COc1ccc(/C=C2\CN(C(=O)OC(C)(C)C)Cc3c(C(=O)N[C@H](C)c4ccccc4)nn(-c4ccc(Cl)cc4Cl)c32)cc1. The molecular weight excluding hydrogens is 1740 g/mol. The number of ether oxygens (including phenoxy) is 4. The number of urea groups is 1. The standard InChI is InChI=1S/C34H34Cl2N4O4.C33H33Cl2N5O4.C28H29Cl2FN6O2/c1-21(23-9-7-6-8-10-23)37-32(41)30-27-20-39(33(42)44-34(2,3)4)19-24(17-22-11-14-26(43-5)15-12-22)31(27)40(38-30)29-16-13-25(35)18-28(29)36;1-20(27-8-6-7-15-36-27)37-31(41)29-25-19-39(32(42)44-33(2,3)4)18-22(16-21-9-12-24(43-5)13-10-21)30(25)40(38-29)28-14-11-23(34)17-26(28)35;1-2-32-28(39)35-16-19(14-18-6-9-21(31)10-7-18)26-22(17-35)25(27(38)34-36-12-4-3-5-13-36)33-37(26)24-11-8-20(29)15-23(24)30/h6-18,21H,19-20H2,1-5H3,(H,37,41);6-17,20H,18-19H2,1-5H3,(H,37,41);6-11,14-15H,2-5,12-13,16-17H2,1H3,(H,32,39)(H,34,38)/b24-17+;22-16+;19-14+/t21-;;/m1../s1. The summed E-state index contributed by atoms with van der Waals surface area (Å²) in [5.74, 6) is -0.0625. The van der Waals surface area contributed by atoms with E-state index in [9.17, 15) is 33.2 Å². The maximum absolute atomic E-state index is 13.9. The molecule has 4 aliphatic heterocycles. The van der Waals surface area contributed by atoms with Crippen molar-refractivity contribution in [2.75, 3.05) is 53.5 Å². The largest absolute Gasteiger partial charge is 0.497 e. The summed E-state index contributed by atoms with van der Waals surface area (Å²) in [6, 6.07) is 50.7. The average molecular weight is 1840 g/mol. The number of rotatable bonds is 17. The first-order valence-corrected chi connectivity index (χ1v) is 43.5. The van der Waals surface area contributed by atoms with Crippen molar-refractivity contribution in [1.29, 1.82) is 0 Å². The zero-order valence-corrected chi connectivity index (χ0v) is 76.4. The lowest BCUT2D eigenvalue weighted by Gasteiger charge is -2.32. The van der Waals surface area contributed by atoms with Gasteiger partial charge in [0.15, 0.2) is 17.1 Å². The number of piperidine rings is 1. The summed E-state index contributed by atoms with van der Waals surface area (Å²) >= 11 is 38.6. The summed E-state index contributed by atoms with van der Waals surface area (Å²) in [5, 5.41) is 27.7. The van der Waals surface area contributed by atoms with Crippen molar-refractivity contribution < 1.29 is 52.1 Å². The minimum absolute atomic E-state index is 0.0934. The number of pyridine rings is 1. The lowest BCUT2D eigenvalue weighted by atomic mass is 9.97. The second-order valence-electron chi connectivity index (χ2n) is 32.6. The van der Waals surface area contributed by atoms with E-state index in [-0.39, 0.29) is 86.1 Å². The molecule has 7 amide bonds. The summed E-state index contributed by atoms with van der Waals surface area (Å²) in [7, 11) is 3.22. The Morgan fingerprint density at radius 1 is 0.465 bits per heavy atom. The molecule has 0 spiro atoms. The molecule has 2 atom stereocenters. The third-order valence-corrected chi connectivity index (χ3v) is 22.5. The highest BCUT2D eigenvalue weighted by Crippen LogP contribution is 2.42. The van der Waals surface area contributed by atoms with E-state index in [4.69, 9.17) is 104 Å². The van der Waals surface area contributed by atoms with Crippen LogP contribution in [0.25, 0.3) is 52.0 Å². The number of hydrazine groups is 1. The molecule has 8 heterocycles. The number of nitrogens with one attached hydrogen (secondary N) is 4. The van der Waals surface area contributed by atoms with E-state index in [1.54, 1.807) is 116 Å². The second kappa shape index (κ2) is 40.7. The number of hydrogen-bond donors (Lipinski definition) is 4. The van der Waals surface area contributed by atoms with Crippen LogP contribution in [-0.4, -0.2) is 155 Å². The summed E-state index contributed by atoms with van der Waals surface area (Å²) in [5.41, 5.74) is 13.8. The molecule has 25 nitrogen and oxygen atoms in total. The Kier molecular flexibility index (Phi) is 29.7. The van der Waals surface area contributed by atoms with E-state index in [0.29, 0.717) is 99.0 Å². The maximum Gasteiger partial charge on any atom is 0.410 e. The van der Waals surface area contributed by atoms with Crippen molar-refractivity contribution in [2.45, 2.75) is 124 Å². The Morgan fingerprint density at radius 2 is 0.850 bits per heavy atom. The van der Waals surface area contributed by atoms with Crippen LogP contribution in [0.3, 0.4) is 0 Å². The summed E-state index contributed by atoms with van der Waals surface area (Å²) in [6.07, 6.45) is 9.60. The fourth-order valence-corrected chi connectivity index (χ4v) is 16.4. The van der Waals surface area contributed by atoms with E-state index in [1.165, 1.54) is 12.1 Å². The van der Waals surface area contributed by atoms with Crippen molar-refractivity contribution in [2.24, 2.45) is 0 Å². The molecule has 1 saturated heterocycles. The second-order valence-corrected chi connectivity index (χ2v) is 35.1. The minimum atomic E-state index is -0.712. The third kappa shape index (κ3) is 22.9. The Bertz CT molecular complexity index is 5730. The van der Waals surface area contributed by atoms with Gasteiger partial charge < -0.3 is 39.8 Å². The van der Waals surface area contributed by atoms with Crippen LogP contribution >= 0.6 is 69.6 Å². The number of fused-ring (bicyclic) bond motifs is 3. The van der Waals surface area contributed by atoms with Gasteiger partial charge in [-0.05, 0) is 235 Å². The number of carbonyl (C=O) groups excluding carboxylic acids is 6. The molecule has 1 fully saturated rings. The molecule has 4 N–H and O–H groups in total. The first-order chi connectivity index (χ1) is 60.7. The number of nitrogens with zero attached hydrogens (tertiary/aromatic N) is 11. The molecule has 4 aromatic heterocycles. The Labute approximate surface area is 766 Å². The molecule has 4 aliphatic rings. The number of benzene rings is 7. The van der Waals surface area contributed by atoms with Crippen molar-refractivity contribution in [3.8, 4) is 28.6 Å². The molecule has 0 radical (unpaired) electrons. The number of carbonyl (C=O) groups is 6. The smallest absolute Gasteiger partial charge is 0.410 e. The van der Waals surface area contributed by atoms with Gasteiger partial charge in [0.25, 0.3) is 17.7 Å². The van der Waals surface area contributed by atoms with Crippen molar-refractivity contribution in [3.63, 3.8) is 0 Å². The van der Waals surface area contributed by atoms with Crippen LogP contribution in [0.1, 0.15) is 187 Å². The van der Waals surface area contributed by atoms with E-state index in [2.05, 4.69) is 26.4 Å². The van der Waals surface area contributed by atoms with Gasteiger partial charge in [0, 0.05) is 64.1 Å². The number of methoxy groups -OCH3 is 2. The van der Waals surface area contributed by atoms with Gasteiger partial charge in [-0.1, -0.05) is 149 Å². The Morgan fingerprint density at radius 3 is 1.24 bits per heavy atom. The predicted molar refractivity (Wildman–Crippen MR) is 495 cm³/mol. The zero-order chi connectivity index (χ0) is 90.7. The fraction of sp³-hybridized carbons (Fsp3) is 0.284. The van der Waals surface area contributed by atoms with Gasteiger partial charge in [-0.25, -0.2) is 37.8 Å². The molecule has 0 aliphatic carbocycles. The Hall–Kier alpha value is -12.0. The normalized spacial score (nSPS) is 15.3. The molecule has 32 heteroatoms. The highest BCUT2D eigenvalue weighted by molar-refractivity contribution is 6.37. The average Bonchev–Trinajstić information content (AvgIpc) is 1.61. The lowest BCUT2D eigenvalue weighted by molar-refractivity contribution is 0.0244. The molecule has 7 aromatic carbocycles.